The SMILES string of the molecule is Cc1ncc(NC(C)(C)CN)nc1C. The molecule has 0 aromatic carbocycles. The molecule has 1 heterocycles. The molecule has 0 saturated heterocycles. The van der Waals surface area contributed by atoms with Crippen molar-refractivity contribution in [2.45, 2.75) is 33.2 Å². The molecule has 0 saturated carbocycles. The Bertz CT molecular complexity index is 320. The molecule has 1 aromatic heterocycles. The lowest BCUT2D eigenvalue weighted by atomic mass is 10.1. The summed E-state index contributed by atoms with van der Waals surface area (Å²) in [5.74, 6) is 0.781. The van der Waals surface area contributed by atoms with Crippen molar-refractivity contribution in [3.8, 4) is 0 Å². The van der Waals surface area contributed by atoms with E-state index in [1.807, 2.05) is 27.7 Å². The van der Waals surface area contributed by atoms with E-state index in [0.717, 1.165) is 17.2 Å². The minimum atomic E-state index is -0.142. The van der Waals surface area contributed by atoms with Gasteiger partial charge in [0.15, 0.2) is 0 Å². The number of anilines is 1. The first-order valence-corrected chi connectivity index (χ1v) is 4.73. The summed E-state index contributed by atoms with van der Waals surface area (Å²) >= 11 is 0. The molecule has 0 fully saturated rings. The number of hydrogen-bond acceptors (Lipinski definition) is 4. The van der Waals surface area contributed by atoms with Crippen LogP contribution in [0.2, 0.25) is 0 Å². The van der Waals surface area contributed by atoms with Crippen LogP contribution in [0, 0.1) is 13.8 Å². The summed E-state index contributed by atoms with van der Waals surface area (Å²) in [5.41, 5.74) is 7.38. The Kier molecular flexibility index (Phi) is 3.06. The fourth-order valence-corrected chi connectivity index (χ4v) is 1.000. The zero-order valence-corrected chi connectivity index (χ0v) is 9.26. The van der Waals surface area contributed by atoms with Gasteiger partial charge in [-0.05, 0) is 27.7 Å². The zero-order valence-electron chi connectivity index (χ0n) is 9.26. The van der Waals surface area contributed by atoms with Crippen LogP contribution in [0.25, 0.3) is 0 Å². The molecule has 0 radical (unpaired) electrons. The first kappa shape index (κ1) is 10.9. The van der Waals surface area contributed by atoms with Gasteiger partial charge < -0.3 is 11.1 Å². The molecule has 0 atom stereocenters. The van der Waals surface area contributed by atoms with Crippen molar-refractivity contribution < 1.29 is 0 Å². The fourth-order valence-electron chi connectivity index (χ4n) is 1.000. The summed E-state index contributed by atoms with van der Waals surface area (Å²) in [6, 6.07) is 0. The highest BCUT2D eigenvalue weighted by Gasteiger charge is 2.15. The summed E-state index contributed by atoms with van der Waals surface area (Å²) < 4.78 is 0. The van der Waals surface area contributed by atoms with Crippen LogP contribution in [0.5, 0.6) is 0 Å². The van der Waals surface area contributed by atoms with Gasteiger partial charge in [-0.25, -0.2) is 4.98 Å². The van der Waals surface area contributed by atoms with Crippen LogP contribution in [-0.2, 0) is 0 Å². The van der Waals surface area contributed by atoms with Gasteiger partial charge >= 0.3 is 0 Å². The summed E-state index contributed by atoms with van der Waals surface area (Å²) in [6.45, 7) is 8.51. The molecule has 0 spiro atoms. The predicted molar refractivity (Wildman–Crippen MR) is 58.3 cm³/mol. The molecule has 78 valence electrons. The van der Waals surface area contributed by atoms with E-state index in [2.05, 4.69) is 15.3 Å². The maximum atomic E-state index is 5.61. The molecule has 1 aromatic rings. The number of rotatable bonds is 3. The van der Waals surface area contributed by atoms with E-state index in [-0.39, 0.29) is 5.54 Å². The Labute approximate surface area is 85.0 Å². The van der Waals surface area contributed by atoms with Crippen LogP contribution in [0.1, 0.15) is 25.2 Å². The van der Waals surface area contributed by atoms with Crippen LogP contribution < -0.4 is 11.1 Å². The molecule has 4 heteroatoms. The van der Waals surface area contributed by atoms with Crippen LogP contribution in [0.4, 0.5) is 5.82 Å². The summed E-state index contributed by atoms with van der Waals surface area (Å²) in [6.07, 6.45) is 1.74. The van der Waals surface area contributed by atoms with Gasteiger partial charge in [0.2, 0.25) is 0 Å². The molecule has 0 unspecified atom stereocenters. The highest BCUT2D eigenvalue weighted by molar-refractivity contribution is 5.36. The summed E-state index contributed by atoms with van der Waals surface area (Å²) in [5, 5.41) is 3.24. The normalized spacial score (nSPS) is 11.5. The summed E-state index contributed by atoms with van der Waals surface area (Å²) in [4.78, 5) is 8.61. The van der Waals surface area contributed by atoms with Gasteiger partial charge in [-0.1, -0.05) is 0 Å². The van der Waals surface area contributed by atoms with Crippen LogP contribution in [-0.4, -0.2) is 22.1 Å². The van der Waals surface area contributed by atoms with E-state index in [1.54, 1.807) is 6.20 Å². The van der Waals surface area contributed by atoms with E-state index in [9.17, 15) is 0 Å². The Morgan fingerprint density at radius 2 is 2.00 bits per heavy atom. The zero-order chi connectivity index (χ0) is 10.8. The second kappa shape index (κ2) is 3.92. The number of nitrogens with zero attached hydrogens (tertiary/aromatic N) is 2. The Morgan fingerprint density at radius 3 is 2.50 bits per heavy atom. The third kappa shape index (κ3) is 2.67. The molecule has 0 aliphatic carbocycles. The van der Waals surface area contributed by atoms with Gasteiger partial charge in [-0.2, -0.15) is 0 Å². The number of nitrogens with two attached hydrogens (primary N) is 1. The maximum absolute atomic E-state index is 5.61. The minimum Gasteiger partial charge on any atom is -0.363 e. The van der Waals surface area contributed by atoms with E-state index < -0.39 is 0 Å². The number of aryl methyl sites for hydroxylation is 2. The van der Waals surface area contributed by atoms with E-state index >= 15 is 0 Å². The van der Waals surface area contributed by atoms with Gasteiger partial charge in [0, 0.05) is 12.1 Å². The van der Waals surface area contributed by atoms with Gasteiger partial charge in [-0.3, -0.25) is 4.98 Å². The van der Waals surface area contributed by atoms with Gasteiger partial charge in [-0.15, -0.1) is 0 Å². The Hall–Kier alpha value is -1.16. The van der Waals surface area contributed by atoms with Gasteiger partial charge in [0.05, 0.1) is 17.6 Å². The average molecular weight is 194 g/mol. The lowest BCUT2D eigenvalue weighted by molar-refractivity contribution is 0.576. The molecule has 0 aliphatic rings. The molecule has 0 amide bonds. The van der Waals surface area contributed by atoms with Crippen molar-refractivity contribution in [3.63, 3.8) is 0 Å². The number of hydrogen-bond donors (Lipinski definition) is 2. The highest BCUT2D eigenvalue weighted by atomic mass is 15.1. The predicted octanol–water partition coefficient (Wildman–Crippen LogP) is 1.24. The van der Waals surface area contributed by atoms with Gasteiger partial charge in [0.25, 0.3) is 0 Å². The average Bonchev–Trinajstić information content (AvgIpc) is 2.11. The van der Waals surface area contributed by atoms with Crippen LogP contribution in [0.3, 0.4) is 0 Å². The maximum Gasteiger partial charge on any atom is 0.145 e. The molecule has 0 bridgehead atoms. The lowest BCUT2D eigenvalue weighted by Gasteiger charge is -2.24. The third-order valence-corrected chi connectivity index (χ3v) is 2.17. The quantitative estimate of drug-likeness (QED) is 0.760. The number of nitrogens with one attached hydrogen (secondary N) is 1. The smallest absolute Gasteiger partial charge is 0.145 e. The largest absolute Gasteiger partial charge is 0.363 e. The molecule has 14 heavy (non-hydrogen) atoms. The standard InChI is InChI=1S/C10H18N4/c1-7-8(2)13-9(5-12-7)14-10(3,4)6-11/h5H,6,11H2,1-4H3,(H,13,14). The highest BCUT2D eigenvalue weighted by Crippen LogP contribution is 2.11. The van der Waals surface area contributed by atoms with Crippen molar-refractivity contribution in [1.82, 2.24) is 9.97 Å². The van der Waals surface area contributed by atoms with Crippen LogP contribution in [0.15, 0.2) is 6.20 Å². The molecule has 0 aliphatic heterocycles. The molecule has 1 rings (SSSR count). The van der Waals surface area contributed by atoms with Crippen molar-refractivity contribution >= 4 is 5.82 Å². The number of aromatic nitrogens is 2. The topological polar surface area (TPSA) is 63.8 Å². The second-order valence-electron chi connectivity index (χ2n) is 4.14. The molecule has 4 nitrogen and oxygen atoms in total. The Morgan fingerprint density at radius 1 is 1.36 bits per heavy atom. The third-order valence-electron chi connectivity index (χ3n) is 2.17. The van der Waals surface area contributed by atoms with Gasteiger partial charge in [0.1, 0.15) is 5.82 Å². The fraction of sp³-hybridized carbons (Fsp3) is 0.600. The first-order chi connectivity index (χ1) is 6.44. The van der Waals surface area contributed by atoms with E-state index in [1.165, 1.54) is 0 Å². The van der Waals surface area contributed by atoms with E-state index in [4.69, 9.17) is 5.73 Å². The minimum absolute atomic E-state index is 0.142. The van der Waals surface area contributed by atoms with Crippen molar-refractivity contribution in [1.29, 1.82) is 0 Å². The lowest BCUT2D eigenvalue weighted by Crippen LogP contribution is -2.39. The first-order valence-electron chi connectivity index (χ1n) is 4.73. The van der Waals surface area contributed by atoms with Crippen LogP contribution >= 0.6 is 0 Å². The summed E-state index contributed by atoms with van der Waals surface area (Å²) in [7, 11) is 0. The van der Waals surface area contributed by atoms with Crippen molar-refractivity contribution in [2.24, 2.45) is 5.73 Å². The molecule has 3 N–H and O–H groups in total. The molecular formula is C10H18N4. The second-order valence-corrected chi connectivity index (χ2v) is 4.14. The monoisotopic (exact) mass is 194 g/mol. The Balaban J connectivity index is 2.83. The molecular weight excluding hydrogens is 176 g/mol. The van der Waals surface area contributed by atoms with Crippen molar-refractivity contribution in [2.75, 3.05) is 11.9 Å². The van der Waals surface area contributed by atoms with Crippen molar-refractivity contribution in [3.05, 3.63) is 17.6 Å². The van der Waals surface area contributed by atoms with E-state index in [0.29, 0.717) is 6.54 Å².